The number of carbonyl (C=O) groups is 2. The monoisotopic (exact) mass is 450 g/mol. The molecule has 2 unspecified atom stereocenters. The number of esters is 1. The van der Waals surface area contributed by atoms with Crippen LogP contribution in [0.2, 0.25) is 0 Å². The van der Waals surface area contributed by atoms with Crippen LogP contribution in [0.5, 0.6) is 5.75 Å². The molecular weight excluding hydrogens is 420 g/mol. The standard InChI is InChI=1S/C25H30N4O4/c1-28-9-11-29(12-10-28)27-16-17-3-5-18(6-4-17)24(31)19-7-8-22-20(13-19)14-21(25(26)33-22)15-23(30)32-2/h3-8,13,16,21,25H,9-12,14-15,26H2,1-2H3. The summed E-state index contributed by atoms with van der Waals surface area (Å²) in [6.07, 6.45) is 1.97. The number of rotatable bonds is 6. The number of ketones is 1. The Morgan fingerprint density at radius 1 is 1.12 bits per heavy atom. The first-order chi connectivity index (χ1) is 15.9. The topological polar surface area (TPSA) is 97.5 Å². The van der Waals surface area contributed by atoms with E-state index in [0.29, 0.717) is 23.3 Å². The highest BCUT2D eigenvalue weighted by molar-refractivity contribution is 6.09. The lowest BCUT2D eigenvalue weighted by atomic mass is 9.90. The van der Waals surface area contributed by atoms with Crippen LogP contribution < -0.4 is 10.5 Å². The molecule has 2 aliphatic rings. The maximum absolute atomic E-state index is 13.1. The summed E-state index contributed by atoms with van der Waals surface area (Å²) < 4.78 is 10.5. The number of nitrogens with two attached hydrogens (primary N) is 1. The highest BCUT2D eigenvalue weighted by Crippen LogP contribution is 2.32. The molecule has 2 aromatic carbocycles. The van der Waals surface area contributed by atoms with Crippen LogP contribution in [0.25, 0.3) is 0 Å². The highest BCUT2D eigenvalue weighted by atomic mass is 16.5. The smallest absolute Gasteiger partial charge is 0.305 e. The van der Waals surface area contributed by atoms with Crippen molar-refractivity contribution in [1.82, 2.24) is 9.91 Å². The van der Waals surface area contributed by atoms with Crippen LogP contribution in [0.1, 0.15) is 33.5 Å². The number of piperazine rings is 1. The number of likely N-dealkylation sites (N-methyl/N-ethyl adjacent to an activating group) is 1. The van der Waals surface area contributed by atoms with Gasteiger partial charge in [-0.05, 0) is 42.8 Å². The average Bonchev–Trinajstić information content (AvgIpc) is 2.83. The highest BCUT2D eigenvalue weighted by Gasteiger charge is 2.30. The summed E-state index contributed by atoms with van der Waals surface area (Å²) in [6.45, 7) is 3.84. The first-order valence-electron chi connectivity index (χ1n) is 11.2. The summed E-state index contributed by atoms with van der Waals surface area (Å²) >= 11 is 0. The maximum atomic E-state index is 13.1. The lowest BCUT2D eigenvalue weighted by Crippen LogP contribution is -2.41. The van der Waals surface area contributed by atoms with Crippen molar-refractivity contribution in [2.75, 3.05) is 40.3 Å². The van der Waals surface area contributed by atoms with Gasteiger partial charge in [-0.25, -0.2) is 0 Å². The third-order valence-corrected chi connectivity index (χ3v) is 6.21. The molecule has 0 aliphatic carbocycles. The van der Waals surface area contributed by atoms with Gasteiger partial charge in [0.25, 0.3) is 0 Å². The van der Waals surface area contributed by atoms with Gasteiger partial charge in [0.15, 0.2) is 12.0 Å². The number of carbonyl (C=O) groups excluding carboxylic acids is 2. The lowest BCUT2D eigenvalue weighted by molar-refractivity contribution is -0.142. The minimum absolute atomic E-state index is 0.0697. The number of fused-ring (bicyclic) bond motifs is 1. The van der Waals surface area contributed by atoms with Gasteiger partial charge in [-0.15, -0.1) is 0 Å². The fourth-order valence-corrected chi connectivity index (χ4v) is 4.07. The molecule has 8 heteroatoms. The molecule has 174 valence electrons. The van der Waals surface area contributed by atoms with E-state index in [1.165, 1.54) is 7.11 Å². The van der Waals surface area contributed by atoms with E-state index in [1.807, 2.05) is 36.5 Å². The van der Waals surface area contributed by atoms with Gasteiger partial charge in [0, 0.05) is 43.2 Å². The fraction of sp³-hybridized carbons (Fsp3) is 0.400. The zero-order valence-electron chi connectivity index (χ0n) is 19.1. The number of nitrogens with zero attached hydrogens (tertiary/aromatic N) is 3. The summed E-state index contributed by atoms with van der Waals surface area (Å²) in [4.78, 5) is 27.0. The molecular formula is C25H30N4O4. The van der Waals surface area contributed by atoms with Crippen molar-refractivity contribution < 1.29 is 19.1 Å². The Bertz CT molecular complexity index is 1030. The summed E-state index contributed by atoms with van der Waals surface area (Å²) in [7, 11) is 3.47. The van der Waals surface area contributed by atoms with Gasteiger partial charge in [-0.1, -0.05) is 24.3 Å². The van der Waals surface area contributed by atoms with Gasteiger partial charge in [0.05, 0.1) is 19.7 Å². The molecule has 0 bridgehead atoms. The van der Waals surface area contributed by atoms with E-state index in [0.717, 1.165) is 37.3 Å². The molecule has 0 amide bonds. The molecule has 0 spiro atoms. The van der Waals surface area contributed by atoms with Crippen LogP contribution in [-0.2, 0) is 16.0 Å². The second-order valence-electron chi connectivity index (χ2n) is 8.60. The Morgan fingerprint density at radius 3 is 2.52 bits per heavy atom. The first-order valence-corrected chi connectivity index (χ1v) is 11.2. The van der Waals surface area contributed by atoms with Crippen LogP contribution in [0.15, 0.2) is 47.6 Å². The van der Waals surface area contributed by atoms with Crippen LogP contribution in [0.4, 0.5) is 0 Å². The summed E-state index contributed by atoms with van der Waals surface area (Å²) in [5, 5.41) is 6.61. The molecule has 33 heavy (non-hydrogen) atoms. The van der Waals surface area contributed by atoms with Crippen molar-refractivity contribution in [3.8, 4) is 5.75 Å². The molecule has 2 aromatic rings. The molecule has 1 saturated heterocycles. The van der Waals surface area contributed by atoms with Crippen LogP contribution in [0.3, 0.4) is 0 Å². The van der Waals surface area contributed by atoms with Crippen LogP contribution in [0, 0.1) is 5.92 Å². The maximum Gasteiger partial charge on any atom is 0.305 e. The number of hydrazone groups is 1. The quantitative estimate of drug-likeness (QED) is 0.408. The summed E-state index contributed by atoms with van der Waals surface area (Å²) in [5.41, 5.74) is 9.06. The van der Waals surface area contributed by atoms with Crippen molar-refractivity contribution in [1.29, 1.82) is 0 Å². The Kier molecular flexibility index (Phi) is 7.05. The molecule has 2 heterocycles. The molecule has 2 atom stereocenters. The number of hydrogen-bond acceptors (Lipinski definition) is 8. The van der Waals surface area contributed by atoms with Gasteiger partial charge < -0.3 is 14.4 Å². The van der Waals surface area contributed by atoms with Crippen LogP contribution in [-0.4, -0.2) is 74.4 Å². The van der Waals surface area contributed by atoms with E-state index < -0.39 is 6.23 Å². The first kappa shape index (κ1) is 22.9. The van der Waals surface area contributed by atoms with E-state index in [1.54, 1.807) is 12.1 Å². The Morgan fingerprint density at radius 2 is 1.82 bits per heavy atom. The molecule has 0 aromatic heterocycles. The number of benzene rings is 2. The second-order valence-corrected chi connectivity index (χ2v) is 8.60. The third-order valence-electron chi connectivity index (χ3n) is 6.21. The Balaban J connectivity index is 1.43. The summed E-state index contributed by atoms with van der Waals surface area (Å²) in [6, 6.07) is 12.8. The lowest BCUT2D eigenvalue weighted by Gasteiger charge is -2.30. The van der Waals surface area contributed by atoms with Crippen molar-refractivity contribution in [3.05, 3.63) is 64.7 Å². The average molecular weight is 451 g/mol. The van der Waals surface area contributed by atoms with E-state index in [9.17, 15) is 9.59 Å². The minimum atomic E-state index is -0.585. The fourth-order valence-electron chi connectivity index (χ4n) is 4.07. The number of methoxy groups -OCH3 is 1. The number of ether oxygens (including phenoxy) is 2. The zero-order valence-corrected chi connectivity index (χ0v) is 19.1. The van der Waals surface area contributed by atoms with Gasteiger partial charge in [-0.2, -0.15) is 5.10 Å². The van der Waals surface area contributed by atoms with Crippen molar-refractivity contribution >= 4 is 18.0 Å². The third kappa shape index (κ3) is 5.58. The van der Waals surface area contributed by atoms with E-state index in [4.69, 9.17) is 15.2 Å². The Labute approximate surface area is 193 Å². The molecule has 2 aliphatic heterocycles. The molecule has 2 N–H and O–H groups in total. The molecule has 8 nitrogen and oxygen atoms in total. The minimum Gasteiger partial charge on any atom is -0.475 e. The summed E-state index contributed by atoms with van der Waals surface area (Å²) in [5.74, 6) is 0.0514. The predicted molar refractivity (Wildman–Crippen MR) is 125 cm³/mol. The van der Waals surface area contributed by atoms with E-state index >= 15 is 0 Å². The van der Waals surface area contributed by atoms with E-state index in [-0.39, 0.29) is 24.1 Å². The van der Waals surface area contributed by atoms with E-state index in [2.05, 4.69) is 22.1 Å². The van der Waals surface area contributed by atoms with Crippen molar-refractivity contribution in [2.45, 2.75) is 19.1 Å². The van der Waals surface area contributed by atoms with Crippen LogP contribution >= 0.6 is 0 Å². The molecule has 0 saturated carbocycles. The van der Waals surface area contributed by atoms with Gasteiger partial charge in [0.1, 0.15) is 5.75 Å². The van der Waals surface area contributed by atoms with Gasteiger partial charge in [0.2, 0.25) is 0 Å². The second kappa shape index (κ2) is 10.1. The molecule has 4 rings (SSSR count). The van der Waals surface area contributed by atoms with Gasteiger partial charge >= 0.3 is 5.97 Å². The normalized spacial score (nSPS) is 20.9. The molecule has 0 radical (unpaired) electrons. The van der Waals surface area contributed by atoms with Crippen molar-refractivity contribution in [2.24, 2.45) is 16.8 Å². The van der Waals surface area contributed by atoms with Gasteiger partial charge in [-0.3, -0.25) is 20.3 Å². The zero-order chi connectivity index (χ0) is 23.4. The van der Waals surface area contributed by atoms with Crippen molar-refractivity contribution in [3.63, 3.8) is 0 Å². The Hall–Kier alpha value is -3.23. The molecule has 1 fully saturated rings. The SMILES string of the molecule is COC(=O)CC1Cc2cc(C(=O)c3ccc(C=NN4CCN(C)CC4)cc3)ccc2OC1N. The predicted octanol–water partition coefficient (Wildman–Crippen LogP) is 1.90. The largest absolute Gasteiger partial charge is 0.475 e. The number of hydrogen-bond donors (Lipinski definition) is 1.